The van der Waals surface area contributed by atoms with Crippen molar-refractivity contribution in [2.24, 2.45) is 0 Å². The van der Waals surface area contributed by atoms with Crippen LogP contribution in [0, 0.1) is 6.92 Å². The van der Waals surface area contributed by atoms with Crippen LogP contribution in [0.25, 0.3) is 11.0 Å². The Morgan fingerprint density at radius 1 is 1.33 bits per heavy atom. The van der Waals surface area contributed by atoms with Crippen LogP contribution >= 0.6 is 0 Å². The highest BCUT2D eigenvalue weighted by Gasteiger charge is 2.16. The van der Waals surface area contributed by atoms with Crippen molar-refractivity contribution in [3.05, 3.63) is 30.1 Å². The van der Waals surface area contributed by atoms with Gasteiger partial charge in [0.25, 0.3) is 0 Å². The molecule has 0 fully saturated rings. The van der Waals surface area contributed by atoms with Crippen molar-refractivity contribution in [3.63, 3.8) is 0 Å². The number of para-hydroxylation sites is 2. The molecule has 0 aliphatic carbocycles. The van der Waals surface area contributed by atoms with Gasteiger partial charge in [0.2, 0.25) is 11.0 Å². The molecule has 0 saturated heterocycles. The van der Waals surface area contributed by atoms with E-state index < -0.39 is 0 Å². The summed E-state index contributed by atoms with van der Waals surface area (Å²) in [6, 6.07) is 7.74. The first-order chi connectivity index (χ1) is 5.72. The monoisotopic (exact) mass is 163 g/mol. The van der Waals surface area contributed by atoms with E-state index in [1.807, 2.05) is 31.2 Å². The summed E-state index contributed by atoms with van der Waals surface area (Å²) in [7, 11) is 0. The highest BCUT2D eigenvalue weighted by atomic mass is 15.4. The van der Waals surface area contributed by atoms with Crippen molar-refractivity contribution in [2.75, 3.05) is 11.7 Å². The summed E-state index contributed by atoms with van der Waals surface area (Å²) in [6.07, 6.45) is 0. The van der Waals surface area contributed by atoms with Gasteiger partial charge in [-0.05, 0) is 12.1 Å². The normalized spacial score (nSPS) is 10.8. The van der Waals surface area contributed by atoms with Crippen molar-refractivity contribution in [2.45, 2.75) is 6.92 Å². The minimum absolute atomic E-state index is 0.830. The number of benzene rings is 1. The lowest BCUT2D eigenvalue weighted by atomic mass is 10.3. The van der Waals surface area contributed by atoms with Gasteiger partial charge in [-0.3, -0.25) is 11.7 Å². The molecule has 0 atom stereocenters. The molecule has 2 rings (SSSR count). The standard InChI is InChI=1S/C8H11N4/c1-6-11(9)7-4-2-3-5-8(7)12(6)10/h2-5H,9-10H2,1H3/q+1. The van der Waals surface area contributed by atoms with Crippen LogP contribution in [-0.2, 0) is 0 Å². The Labute approximate surface area is 69.9 Å². The van der Waals surface area contributed by atoms with Crippen LogP contribution in [0.4, 0.5) is 0 Å². The van der Waals surface area contributed by atoms with Crippen molar-refractivity contribution in [3.8, 4) is 0 Å². The molecule has 0 spiro atoms. The first-order valence-electron chi connectivity index (χ1n) is 3.74. The average Bonchev–Trinajstić information content (AvgIpc) is 2.33. The van der Waals surface area contributed by atoms with Gasteiger partial charge in [-0.15, -0.1) is 9.35 Å². The number of imidazole rings is 1. The van der Waals surface area contributed by atoms with Gasteiger partial charge in [-0.25, -0.2) is 0 Å². The molecule has 4 nitrogen and oxygen atoms in total. The minimum Gasteiger partial charge on any atom is -0.268 e. The van der Waals surface area contributed by atoms with E-state index in [1.54, 1.807) is 9.35 Å². The van der Waals surface area contributed by atoms with E-state index in [-0.39, 0.29) is 0 Å². The number of hydrogen-bond acceptors (Lipinski definition) is 2. The van der Waals surface area contributed by atoms with E-state index in [0.29, 0.717) is 0 Å². The smallest absolute Gasteiger partial charge is 0.268 e. The third-order valence-electron chi connectivity index (χ3n) is 2.10. The average molecular weight is 163 g/mol. The zero-order chi connectivity index (χ0) is 8.72. The van der Waals surface area contributed by atoms with Gasteiger partial charge in [-0.2, -0.15) is 0 Å². The fourth-order valence-electron chi connectivity index (χ4n) is 1.34. The molecular weight excluding hydrogens is 152 g/mol. The third-order valence-corrected chi connectivity index (χ3v) is 2.10. The van der Waals surface area contributed by atoms with Gasteiger partial charge in [-0.1, -0.05) is 12.1 Å². The van der Waals surface area contributed by atoms with E-state index in [1.165, 1.54) is 0 Å². The maximum Gasteiger partial charge on any atom is 0.300 e. The Morgan fingerprint density at radius 3 is 2.67 bits per heavy atom. The lowest BCUT2D eigenvalue weighted by Crippen LogP contribution is -2.47. The Balaban J connectivity index is 2.99. The van der Waals surface area contributed by atoms with E-state index in [9.17, 15) is 0 Å². The van der Waals surface area contributed by atoms with E-state index in [4.69, 9.17) is 11.7 Å². The maximum absolute atomic E-state index is 5.75. The quantitative estimate of drug-likeness (QED) is 0.412. The van der Waals surface area contributed by atoms with Gasteiger partial charge in [0, 0.05) is 6.92 Å². The second kappa shape index (κ2) is 2.14. The lowest BCUT2D eigenvalue weighted by Gasteiger charge is -1.85. The topological polar surface area (TPSA) is 60.8 Å². The Bertz CT molecular complexity index is 391. The van der Waals surface area contributed by atoms with Gasteiger partial charge in [0.1, 0.15) is 0 Å². The molecular formula is C8H11N4+. The Kier molecular flexibility index (Phi) is 1.24. The van der Waals surface area contributed by atoms with E-state index in [2.05, 4.69) is 0 Å². The highest BCUT2D eigenvalue weighted by Crippen LogP contribution is 2.08. The van der Waals surface area contributed by atoms with Crippen LogP contribution in [0.2, 0.25) is 0 Å². The summed E-state index contributed by atoms with van der Waals surface area (Å²) in [4.78, 5) is 0. The SMILES string of the molecule is Cc1n(N)c2ccccc2[n+]1N. The molecule has 62 valence electrons. The second-order valence-corrected chi connectivity index (χ2v) is 2.78. The highest BCUT2D eigenvalue weighted by molar-refractivity contribution is 5.72. The van der Waals surface area contributed by atoms with Gasteiger partial charge < -0.3 is 0 Å². The van der Waals surface area contributed by atoms with Crippen LogP contribution in [0.1, 0.15) is 5.82 Å². The van der Waals surface area contributed by atoms with E-state index in [0.717, 1.165) is 16.9 Å². The number of nitrogens with zero attached hydrogens (tertiary/aromatic N) is 2. The summed E-state index contributed by atoms with van der Waals surface area (Å²) in [5, 5.41) is 0. The number of fused-ring (bicyclic) bond motifs is 1. The number of rotatable bonds is 0. The third kappa shape index (κ3) is 0.689. The number of nitrogens with two attached hydrogens (primary N) is 2. The molecule has 0 unspecified atom stereocenters. The molecule has 2 aromatic rings. The summed E-state index contributed by atoms with van der Waals surface area (Å²) in [5.41, 5.74) is 1.88. The molecule has 0 aliphatic rings. The van der Waals surface area contributed by atoms with Gasteiger partial charge in [0.05, 0.1) is 0 Å². The predicted molar refractivity (Wildman–Crippen MR) is 47.2 cm³/mol. The first kappa shape index (κ1) is 6.97. The largest absolute Gasteiger partial charge is 0.300 e. The molecule has 1 aromatic carbocycles. The van der Waals surface area contributed by atoms with Crippen molar-refractivity contribution >= 4 is 11.0 Å². The second-order valence-electron chi connectivity index (χ2n) is 2.78. The molecule has 1 aromatic heterocycles. The predicted octanol–water partition coefficient (Wildman–Crippen LogP) is -0.335. The molecule has 0 saturated carbocycles. The molecule has 0 aliphatic heterocycles. The maximum atomic E-state index is 5.75. The first-order valence-corrected chi connectivity index (χ1v) is 3.74. The van der Waals surface area contributed by atoms with Crippen LogP contribution in [0.5, 0.6) is 0 Å². The zero-order valence-corrected chi connectivity index (χ0v) is 6.86. The lowest BCUT2D eigenvalue weighted by molar-refractivity contribution is -0.619. The fourth-order valence-corrected chi connectivity index (χ4v) is 1.34. The summed E-state index contributed by atoms with van der Waals surface area (Å²) in [5.74, 6) is 12.3. The Morgan fingerprint density at radius 2 is 2.00 bits per heavy atom. The molecule has 0 radical (unpaired) electrons. The number of nitrogen functional groups attached to an aromatic ring is 2. The van der Waals surface area contributed by atoms with Crippen LogP contribution in [0.3, 0.4) is 0 Å². The fraction of sp³-hybridized carbons (Fsp3) is 0.125. The van der Waals surface area contributed by atoms with Crippen molar-refractivity contribution in [1.82, 2.24) is 4.68 Å². The van der Waals surface area contributed by atoms with Crippen LogP contribution in [-0.4, -0.2) is 4.68 Å². The van der Waals surface area contributed by atoms with Gasteiger partial charge >= 0.3 is 5.82 Å². The molecule has 0 bridgehead atoms. The minimum atomic E-state index is 0.830. The summed E-state index contributed by atoms with van der Waals surface area (Å²) < 4.78 is 3.16. The summed E-state index contributed by atoms with van der Waals surface area (Å²) in [6.45, 7) is 1.88. The van der Waals surface area contributed by atoms with Crippen LogP contribution in [0.15, 0.2) is 24.3 Å². The molecule has 1 heterocycles. The van der Waals surface area contributed by atoms with Gasteiger partial charge in [0.15, 0.2) is 0 Å². The van der Waals surface area contributed by atoms with Crippen molar-refractivity contribution in [1.29, 1.82) is 0 Å². The number of aromatic nitrogens is 2. The number of hydrogen-bond donors (Lipinski definition) is 2. The molecule has 12 heavy (non-hydrogen) atoms. The van der Waals surface area contributed by atoms with Crippen LogP contribution < -0.4 is 16.4 Å². The summed E-state index contributed by atoms with van der Waals surface area (Å²) >= 11 is 0. The Hall–Kier alpha value is -1.71. The van der Waals surface area contributed by atoms with Crippen molar-refractivity contribution < 1.29 is 4.68 Å². The zero-order valence-electron chi connectivity index (χ0n) is 6.86. The molecule has 4 N–H and O–H groups in total. The molecule has 0 amide bonds. The molecule has 4 heteroatoms. The van der Waals surface area contributed by atoms with E-state index >= 15 is 0 Å².